The smallest absolute Gasteiger partial charge is 0.276 e. The summed E-state index contributed by atoms with van der Waals surface area (Å²) < 4.78 is 27.8. The van der Waals surface area contributed by atoms with E-state index in [1.54, 1.807) is 43.3 Å². The number of carbonyl (C=O) groups excluding carboxylic acids is 2. The third kappa shape index (κ3) is 4.37. The number of carbonyl (C=O) groups is 2. The number of aryl methyl sites for hydroxylation is 1. The summed E-state index contributed by atoms with van der Waals surface area (Å²) in [6.45, 7) is 2.08. The number of sulfonamides is 1. The molecule has 1 N–H and O–H groups in total. The second-order valence-corrected chi connectivity index (χ2v) is 9.54. The third-order valence-corrected chi connectivity index (χ3v) is 6.98. The van der Waals surface area contributed by atoms with Crippen molar-refractivity contribution in [2.75, 3.05) is 16.2 Å². The summed E-state index contributed by atoms with van der Waals surface area (Å²) >= 11 is 6.04. The van der Waals surface area contributed by atoms with Crippen molar-refractivity contribution in [2.45, 2.75) is 24.7 Å². The minimum Gasteiger partial charge on any atom is -0.306 e. The standard InChI is InChI=1S/C23H20ClN3O4S/c1-15-5-2-3-7-22(15)32(30,31)26-17-9-10-19(25-14-17)23(29)27-12-4-6-21(28)18-13-16(24)8-11-20(18)27/h2-3,5,7-11,13-14,26H,4,6,12H2,1H3. The number of nitrogens with one attached hydrogen (secondary N) is 1. The highest BCUT2D eigenvalue weighted by atomic mass is 35.5. The van der Waals surface area contributed by atoms with Crippen LogP contribution in [0.15, 0.2) is 65.7 Å². The van der Waals surface area contributed by atoms with Gasteiger partial charge in [0.05, 0.1) is 22.5 Å². The first kappa shape index (κ1) is 22.0. The van der Waals surface area contributed by atoms with Crippen LogP contribution < -0.4 is 9.62 Å². The van der Waals surface area contributed by atoms with Gasteiger partial charge in [0.2, 0.25) is 0 Å². The van der Waals surface area contributed by atoms with E-state index in [2.05, 4.69) is 9.71 Å². The highest BCUT2D eigenvalue weighted by Crippen LogP contribution is 2.30. The lowest BCUT2D eigenvalue weighted by molar-refractivity contribution is 0.0971. The lowest BCUT2D eigenvalue weighted by Gasteiger charge is -2.22. The molecule has 9 heteroatoms. The van der Waals surface area contributed by atoms with E-state index in [4.69, 9.17) is 11.6 Å². The Labute approximate surface area is 191 Å². The Hall–Kier alpha value is -3.23. The van der Waals surface area contributed by atoms with Crippen LogP contribution in [0, 0.1) is 6.92 Å². The summed E-state index contributed by atoms with van der Waals surface area (Å²) in [6, 6.07) is 14.5. The number of hydrogen-bond acceptors (Lipinski definition) is 5. The van der Waals surface area contributed by atoms with E-state index in [9.17, 15) is 18.0 Å². The van der Waals surface area contributed by atoms with Gasteiger partial charge in [0.15, 0.2) is 5.78 Å². The van der Waals surface area contributed by atoms with Gasteiger partial charge in [0.25, 0.3) is 15.9 Å². The number of pyridine rings is 1. The van der Waals surface area contributed by atoms with E-state index in [1.807, 2.05) is 0 Å². The number of halogens is 1. The van der Waals surface area contributed by atoms with E-state index in [-0.39, 0.29) is 28.0 Å². The first-order chi connectivity index (χ1) is 15.3. The van der Waals surface area contributed by atoms with E-state index < -0.39 is 10.0 Å². The molecule has 0 saturated heterocycles. The lowest BCUT2D eigenvalue weighted by Crippen LogP contribution is -2.32. The summed E-state index contributed by atoms with van der Waals surface area (Å²) in [5.41, 5.74) is 1.90. The molecule has 0 fully saturated rings. The van der Waals surface area contributed by atoms with E-state index in [1.165, 1.54) is 29.3 Å². The molecular weight excluding hydrogens is 450 g/mol. The molecule has 0 bridgehead atoms. The number of nitrogens with zero attached hydrogens (tertiary/aromatic N) is 2. The highest BCUT2D eigenvalue weighted by molar-refractivity contribution is 7.92. The summed E-state index contributed by atoms with van der Waals surface area (Å²) in [4.78, 5) is 31.4. The van der Waals surface area contributed by atoms with Gasteiger partial charge in [0, 0.05) is 23.6 Å². The van der Waals surface area contributed by atoms with Crippen molar-refractivity contribution in [1.82, 2.24) is 4.98 Å². The second kappa shape index (κ2) is 8.72. The molecule has 0 radical (unpaired) electrons. The number of aromatic nitrogens is 1. The fourth-order valence-electron chi connectivity index (χ4n) is 3.62. The Balaban J connectivity index is 1.58. The van der Waals surface area contributed by atoms with Crippen LogP contribution >= 0.6 is 11.6 Å². The maximum atomic E-state index is 13.1. The fourth-order valence-corrected chi connectivity index (χ4v) is 5.08. The highest BCUT2D eigenvalue weighted by Gasteiger charge is 2.27. The molecule has 2 heterocycles. The summed E-state index contributed by atoms with van der Waals surface area (Å²) in [7, 11) is -3.79. The molecule has 1 aromatic heterocycles. The van der Waals surface area contributed by atoms with Gasteiger partial charge in [-0.3, -0.25) is 14.3 Å². The maximum absolute atomic E-state index is 13.1. The maximum Gasteiger partial charge on any atom is 0.276 e. The Morgan fingerprint density at radius 1 is 1.12 bits per heavy atom. The topological polar surface area (TPSA) is 96.4 Å². The quantitative estimate of drug-likeness (QED) is 0.608. The van der Waals surface area contributed by atoms with Gasteiger partial charge in [-0.05, 0) is 55.3 Å². The molecule has 0 atom stereocenters. The zero-order valence-corrected chi connectivity index (χ0v) is 18.8. The van der Waals surface area contributed by atoms with Crippen LogP contribution in [0.5, 0.6) is 0 Å². The van der Waals surface area contributed by atoms with E-state index >= 15 is 0 Å². The zero-order chi connectivity index (χ0) is 22.9. The molecule has 3 aromatic rings. The molecular formula is C23H20ClN3O4S. The number of amides is 1. The average molecular weight is 470 g/mol. The predicted octanol–water partition coefficient (Wildman–Crippen LogP) is 4.47. The average Bonchev–Trinajstić information content (AvgIpc) is 2.92. The van der Waals surface area contributed by atoms with Crippen LogP contribution in [-0.2, 0) is 10.0 Å². The fraction of sp³-hybridized carbons (Fsp3) is 0.174. The lowest BCUT2D eigenvalue weighted by atomic mass is 10.1. The predicted molar refractivity (Wildman–Crippen MR) is 123 cm³/mol. The summed E-state index contributed by atoms with van der Waals surface area (Å²) in [5.74, 6) is -0.441. The Kier molecular flexibility index (Phi) is 5.99. The first-order valence-corrected chi connectivity index (χ1v) is 11.8. The minimum absolute atomic E-state index is 0.0632. The van der Waals surface area contributed by atoms with Crippen molar-refractivity contribution in [3.05, 3.63) is 82.6 Å². The van der Waals surface area contributed by atoms with Gasteiger partial charge in [-0.25, -0.2) is 13.4 Å². The van der Waals surface area contributed by atoms with Crippen LogP contribution in [0.25, 0.3) is 0 Å². The molecule has 1 amide bonds. The van der Waals surface area contributed by atoms with Gasteiger partial charge in [-0.1, -0.05) is 29.8 Å². The molecule has 0 spiro atoms. The van der Waals surface area contributed by atoms with Crippen LogP contribution in [0.3, 0.4) is 0 Å². The number of ketones is 1. The Bertz CT molecular complexity index is 1310. The molecule has 32 heavy (non-hydrogen) atoms. The van der Waals surface area contributed by atoms with Crippen molar-refractivity contribution in [2.24, 2.45) is 0 Å². The monoisotopic (exact) mass is 469 g/mol. The number of Topliss-reactive ketones (excluding diaryl/α,β-unsaturated/α-hetero) is 1. The van der Waals surface area contributed by atoms with Crippen molar-refractivity contribution >= 4 is 44.7 Å². The van der Waals surface area contributed by atoms with Gasteiger partial charge in [-0.2, -0.15) is 0 Å². The molecule has 0 aliphatic carbocycles. The Morgan fingerprint density at radius 3 is 2.62 bits per heavy atom. The molecule has 7 nitrogen and oxygen atoms in total. The van der Waals surface area contributed by atoms with Gasteiger partial charge >= 0.3 is 0 Å². The van der Waals surface area contributed by atoms with Crippen LogP contribution in [0.2, 0.25) is 5.02 Å². The van der Waals surface area contributed by atoms with Crippen molar-refractivity contribution in [1.29, 1.82) is 0 Å². The molecule has 1 aliphatic heterocycles. The Morgan fingerprint density at radius 2 is 1.91 bits per heavy atom. The molecule has 164 valence electrons. The second-order valence-electron chi connectivity index (χ2n) is 7.45. The number of benzene rings is 2. The van der Waals surface area contributed by atoms with E-state index in [0.29, 0.717) is 41.2 Å². The van der Waals surface area contributed by atoms with Crippen molar-refractivity contribution in [3.8, 4) is 0 Å². The SMILES string of the molecule is Cc1ccccc1S(=O)(=O)Nc1ccc(C(=O)N2CCCC(=O)c3cc(Cl)ccc32)nc1. The van der Waals surface area contributed by atoms with Crippen molar-refractivity contribution in [3.63, 3.8) is 0 Å². The van der Waals surface area contributed by atoms with Crippen LogP contribution in [0.1, 0.15) is 39.3 Å². The van der Waals surface area contributed by atoms with Crippen LogP contribution in [0.4, 0.5) is 11.4 Å². The van der Waals surface area contributed by atoms with Crippen molar-refractivity contribution < 1.29 is 18.0 Å². The minimum atomic E-state index is -3.79. The third-order valence-electron chi connectivity index (χ3n) is 5.20. The number of fused-ring (bicyclic) bond motifs is 1. The van der Waals surface area contributed by atoms with E-state index in [0.717, 1.165) is 0 Å². The summed E-state index contributed by atoms with van der Waals surface area (Å²) in [5, 5.41) is 0.426. The molecule has 1 aliphatic rings. The largest absolute Gasteiger partial charge is 0.306 e. The molecule has 0 saturated carbocycles. The molecule has 2 aromatic carbocycles. The van der Waals surface area contributed by atoms with Gasteiger partial charge in [0.1, 0.15) is 5.69 Å². The zero-order valence-electron chi connectivity index (χ0n) is 17.2. The molecule has 0 unspecified atom stereocenters. The number of anilines is 2. The number of hydrogen-bond donors (Lipinski definition) is 1. The number of rotatable bonds is 4. The first-order valence-electron chi connectivity index (χ1n) is 9.95. The van der Waals surface area contributed by atoms with Gasteiger partial charge < -0.3 is 4.90 Å². The normalized spacial score (nSPS) is 13.9. The summed E-state index contributed by atoms with van der Waals surface area (Å²) in [6.07, 6.45) is 2.14. The van der Waals surface area contributed by atoms with Gasteiger partial charge in [-0.15, -0.1) is 0 Å². The van der Waals surface area contributed by atoms with Crippen LogP contribution in [-0.4, -0.2) is 31.6 Å². The molecule has 4 rings (SSSR count).